The maximum Gasteiger partial charge on any atom is 0.195 e. The molecule has 3 nitrogen and oxygen atoms in total. The molecule has 0 spiro atoms. The number of benzene rings is 2. The van der Waals surface area contributed by atoms with Crippen LogP contribution in [0.15, 0.2) is 60.7 Å². The summed E-state index contributed by atoms with van der Waals surface area (Å²) in [6.45, 7) is 2.84. The quantitative estimate of drug-likeness (QED) is 0.650. The van der Waals surface area contributed by atoms with Gasteiger partial charge in [-0.1, -0.05) is 60.7 Å². The molecular weight excluding hydrogens is 322 g/mol. The first kappa shape index (κ1) is 16.5. The largest absolute Gasteiger partial charge is 0.347 e. The average Bonchev–Trinajstić information content (AvgIpc) is 3.01. The van der Waals surface area contributed by atoms with E-state index in [1.807, 2.05) is 67.6 Å². The van der Waals surface area contributed by atoms with Crippen molar-refractivity contribution >= 4 is 11.6 Å². The van der Waals surface area contributed by atoms with E-state index in [-0.39, 0.29) is 11.6 Å². The van der Waals surface area contributed by atoms with Crippen molar-refractivity contribution in [2.45, 2.75) is 32.7 Å². The zero-order valence-corrected chi connectivity index (χ0v) is 14.9. The van der Waals surface area contributed by atoms with E-state index in [1.165, 1.54) is 0 Å². The Morgan fingerprint density at radius 2 is 1.31 bits per heavy atom. The van der Waals surface area contributed by atoms with Crippen molar-refractivity contribution in [1.82, 2.24) is 4.57 Å². The van der Waals surface area contributed by atoms with Gasteiger partial charge in [0.1, 0.15) is 0 Å². The summed E-state index contributed by atoms with van der Waals surface area (Å²) in [6, 6.07) is 18.5. The monoisotopic (exact) mass is 343 g/mol. The first-order chi connectivity index (χ1) is 12.7. The van der Waals surface area contributed by atoms with Crippen molar-refractivity contribution in [2.24, 2.45) is 0 Å². The van der Waals surface area contributed by atoms with E-state index in [9.17, 15) is 9.59 Å². The third-order valence-corrected chi connectivity index (χ3v) is 5.20. The number of rotatable bonds is 4. The molecule has 3 heteroatoms. The van der Waals surface area contributed by atoms with Crippen molar-refractivity contribution in [2.75, 3.05) is 0 Å². The van der Waals surface area contributed by atoms with Crippen molar-refractivity contribution in [3.8, 4) is 0 Å². The molecule has 0 N–H and O–H groups in total. The molecule has 0 aliphatic carbocycles. The molecule has 130 valence electrons. The normalized spacial score (nSPS) is 13.3. The number of ketones is 2. The molecule has 2 aromatic carbocycles. The molecule has 0 atom stereocenters. The molecule has 3 aromatic rings. The number of carbonyl (C=O) groups is 2. The first-order valence-electron chi connectivity index (χ1n) is 9.10. The molecule has 0 bridgehead atoms. The lowest BCUT2D eigenvalue weighted by Crippen LogP contribution is -2.14. The third-order valence-electron chi connectivity index (χ3n) is 5.20. The smallest absolute Gasteiger partial charge is 0.195 e. The number of fused-ring (bicyclic) bond motifs is 1. The van der Waals surface area contributed by atoms with Crippen LogP contribution in [0.5, 0.6) is 0 Å². The van der Waals surface area contributed by atoms with Crippen molar-refractivity contribution in [1.29, 1.82) is 0 Å². The fourth-order valence-electron chi connectivity index (χ4n) is 3.91. The summed E-state index contributed by atoms with van der Waals surface area (Å²) < 4.78 is 2.18. The maximum absolute atomic E-state index is 13.3. The van der Waals surface area contributed by atoms with E-state index in [2.05, 4.69) is 4.57 Å². The van der Waals surface area contributed by atoms with Gasteiger partial charge in [0.2, 0.25) is 0 Å². The van der Waals surface area contributed by atoms with Gasteiger partial charge in [-0.15, -0.1) is 0 Å². The highest BCUT2D eigenvalue weighted by Gasteiger charge is 2.31. The highest BCUT2D eigenvalue weighted by Crippen LogP contribution is 2.31. The summed E-state index contributed by atoms with van der Waals surface area (Å²) in [7, 11) is 0. The van der Waals surface area contributed by atoms with Crippen LogP contribution in [-0.4, -0.2) is 16.1 Å². The number of hydrogen-bond acceptors (Lipinski definition) is 2. The average molecular weight is 343 g/mol. The van der Waals surface area contributed by atoms with E-state index in [0.29, 0.717) is 22.3 Å². The van der Waals surface area contributed by atoms with Gasteiger partial charge < -0.3 is 4.57 Å². The minimum Gasteiger partial charge on any atom is -0.347 e. The number of nitrogens with zero attached hydrogens (tertiary/aromatic N) is 1. The summed E-state index contributed by atoms with van der Waals surface area (Å²) in [6.07, 6.45) is 2.98. The van der Waals surface area contributed by atoms with Crippen molar-refractivity contribution in [3.63, 3.8) is 0 Å². The van der Waals surface area contributed by atoms with Gasteiger partial charge in [-0.3, -0.25) is 9.59 Å². The third kappa shape index (κ3) is 2.70. The topological polar surface area (TPSA) is 39.1 Å². The van der Waals surface area contributed by atoms with Gasteiger partial charge in [-0.2, -0.15) is 0 Å². The molecule has 1 aliphatic heterocycles. The lowest BCUT2D eigenvalue weighted by atomic mass is 9.92. The lowest BCUT2D eigenvalue weighted by molar-refractivity contribution is 0.100. The Labute approximate surface area is 153 Å². The Balaban J connectivity index is 1.92. The SMILES string of the molecule is Cc1c(C(=O)c2ccccc2)c(C(=O)c2ccccc2)c2n1CCCC2. The predicted molar refractivity (Wildman–Crippen MR) is 102 cm³/mol. The molecule has 1 aliphatic rings. The van der Waals surface area contributed by atoms with E-state index in [4.69, 9.17) is 0 Å². The van der Waals surface area contributed by atoms with Gasteiger partial charge >= 0.3 is 0 Å². The van der Waals surface area contributed by atoms with Gasteiger partial charge in [-0.25, -0.2) is 0 Å². The van der Waals surface area contributed by atoms with Crippen LogP contribution in [0.4, 0.5) is 0 Å². The fraction of sp³-hybridized carbons (Fsp3) is 0.217. The van der Waals surface area contributed by atoms with Crippen LogP contribution >= 0.6 is 0 Å². The number of carbonyl (C=O) groups excluding carboxylic acids is 2. The summed E-state index contributed by atoms with van der Waals surface area (Å²) in [5.74, 6) is -0.118. The fourth-order valence-corrected chi connectivity index (χ4v) is 3.91. The van der Waals surface area contributed by atoms with Gasteiger partial charge in [0, 0.05) is 29.1 Å². The van der Waals surface area contributed by atoms with E-state index >= 15 is 0 Å². The summed E-state index contributed by atoms with van der Waals surface area (Å²) >= 11 is 0. The summed E-state index contributed by atoms with van der Waals surface area (Å²) in [4.78, 5) is 26.6. The minimum atomic E-state index is -0.0655. The molecule has 26 heavy (non-hydrogen) atoms. The molecule has 0 radical (unpaired) electrons. The predicted octanol–water partition coefficient (Wildman–Crippen LogP) is 4.59. The van der Waals surface area contributed by atoms with Gasteiger partial charge in [-0.05, 0) is 26.2 Å². The highest BCUT2D eigenvalue weighted by atomic mass is 16.1. The lowest BCUT2D eigenvalue weighted by Gasteiger charge is -2.17. The zero-order valence-electron chi connectivity index (χ0n) is 14.9. The second kappa shape index (κ2) is 6.75. The van der Waals surface area contributed by atoms with Crippen LogP contribution in [0.25, 0.3) is 0 Å². The molecule has 0 saturated heterocycles. The van der Waals surface area contributed by atoms with Crippen LogP contribution < -0.4 is 0 Å². The molecule has 4 rings (SSSR count). The number of aromatic nitrogens is 1. The highest BCUT2D eigenvalue weighted by molar-refractivity contribution is 6.21. The molecule has 0 unspecified atom stereocenters. The van der Waals surface area contributed by atoms with Gasteiger partial charge in [0.05, 0.1) is 11.1 Å². The molecule has 0 saturated carbocycles. The summed E-state index contributed by atoms with van der Waals surface area (Å²) in [5.41, 5.74) is 4.35. The van der Waals surface area contributed by atoms with Crippen LogP contribution in [0.2, 0.25) is 0 Å². The van der Waals surface area contributed by atoms with Crippen molar-refractivity contribution < 1.29 is 9.59 Å². The second-order valence-corrected chi connectivity index (χ2v) is 6.78. The second-order valence-electron chi connectivity index (χ2n) is 6.78. The van der Waals surface area contributed by atoms with Crippen molar-refractivity contribution in [3.05, 3.63) is 94.3 Å². The zero-order chi connectivity index (χ0) is 18.1. The molecule has 1 aromatic heterocycles. The van der Waals surface area contributed by atoms with Gasteiger partial charge in [0.15, 0.2) is 11.6 Å². The van der Waals surface area contributed by atoms with Crippen LogP contribution in [-0.2, 0) is 13.0 Å². The Bertz CT molecular complexity index is 968. The van der Waals surface area contributed by atoms with E-state index in [1.54, 1.807) is 0 Å². The van der Waals surface area contributed by atoms with Crippen LogP contribution in [0.1, 0.15) is 56.1 Å². The maximum atomic E-state index is 13.3. The van der Waals surface area contributed by atoms with Crippen LogP contribution in [0.3, 0.4) is 0 Å². The Morgan fingerprint density at radius 1 is 0.769 bits per heavy atom. The Hall–Kier alpha value is -2.94. The Morgan fingerprint density at radius 3 is 1.88 bits per heavy atom. The molecule has 0 fully saturated rings. The number of hydrogen-bond donors (Lipinski definition) is 0. The Kier molecular flexibility index (Phi) is 4.29. The van der Waals surface area contributed by atoms with Crippen LogP contribution in [0, 0.1) is 6.92 Å². The minimum absolute atomic E-state index is 0.0522. The first-order valence-corrected chi connectivity index (χ1v) is 9.10. The molecule has 0 amide bonds. The molecular formula is C23H21NO2. The van der Waals surface area contributed by atoms with Gasteiger partial charge in [0.25, 0.3) is 0 Å². The summed E-state index contributed by atoms with van der Waals surface area (Å²) in [5, 5.41) is 0. The van der Waals surface area contributed by atoms with E-state index in [0.717, 1.165) is 37.2 Å². The standard InChI is InChI=1S/C23H21NO2/c1-16-20(22(25)17-10-4-2-5-11-17)21(19-14-8-9-15-24(16)19)23(26)18-12-6-3-7-13-18/h2-7,10-13H,8-9,14-15H2,1H3. The molecule has 2 heterocycles. The van der Waals surface area contributed by atoms with E-state index < -0.39 is 0 Å².